The molecular weight excluding hydrogens is 278 g/mol. The molecule has 0 aromatic carbocycles. The number of hydrogen-bond acceptors (Lipinski definition) is 4. The van der Waals surface area contributed by atoms with Gasteiger partial charge in [-0.25, -0.2) is 4.98 Å². The number of nitrogens with zero attached hydrogens (tertiary/aromatic N) is 4. The maximum atomic E-state index is 5.95. The van der Waals surface area contributed by atoms with Crippen molar-refractivity contribution in [2.24, 2.45) is 7.05 Å². The molecule has 0 aliphatic heterocycles. The topological polar surface area (TPSA) is 62.9 Å². The summed E-state index contributed by atoms with van der Waals surface area (Å²) in [4.78, 5) is 6.87. The first-order chi connectivity index (χ1) is 10.8. The van der Waals surface area contributed by atoms with Crippen LogP contribution >= 0.6 is 0 Å². The molecule has 3 aromatic rings. The Morgan fingerprint density at radius 3 is 2.86 bits per heavy atom. The van der Waals surface area contributed by atoms with Gasteiger partial charge in [0.05, 0.1) is 13.1 Å². The molecule has 0 spiro atoms. The smallest absolute Gasteiger partial charge is 0.152 e. The maximum absolute atomic E-state index is 5.95. The van der Waals surface area contributed by atoms with Crippen LogP contribution in [0.25, 0.3) is 11.5 Å². The van der Waals surface area contributed by atoms with Crippen LogP contribution in [0.3, 0.4) is 0 Å². The molecule has 0 unspecified atom stereocenters. The highest BCUT2D eigenvalue weighted by molar-refractivity contribution is 5.51. The van der Waals surface area contributed by atoms with Gasteiger partial charge >= 0.3 is 0 Å². The lowest BCUT2D eigenvalue weighted by Gasteiger charge is -2.20. The molecule has 0 radical (unpaired) electrons. The molecule has 0 saturated heterocycles. The van der Waals surface area contributed by atoms with E-state index in [0.29, 0.717) is 6.04 Å². The molecule has 1 fully saturated rings. The minimum atomic E-state index is 0.650. The molecule has 3 aromatic heterocycles. The third-order valence-electron chi connectivity index (χ3n) is 4.12. The van der Waals surface area contributed by atoms with E-state index in [1.807, 2.05) is 37.6 Å². The zero-order valence-corrected chi connectivity index (χ0v) is 12.6. The van der Waals surface area contributed by atoms with Crippen molar-refractivity contribution in [2.45, 2.75) is 32.0 Å². The maximum Gasteiger partial charge on any atom is 0.152 e. The third-order valence-corrected chi connectivity index (χ3v) is 4.12. The molecule has 4 rings (SSSR count). The highest BCUT2D eigenvalue weighted by Gasteiger charge is 2.30. The van der Waals surface area contributed by atoms with Crippen LogP contribution in [-0.2, 0) is 20.1 Å². The fourth-order valence-corrected chi connectivity index (χ4v) is 2.69. The van der Waals surface area contributed by atoms with Gasteiger partial charge in [0, 0.05) is 31.7 Å². The molecule has 0 atom stereocenters. The monoisotopic (exact) mass is 297 g/mol. The van der Waals surface area contributed by atoms with Gasteiger partial charge in [0.2, 0.25) is 0 Å². The van der Waals surface area contributed by atoms with Crippen molar-refractivity contribution in [3.63, 3.8) is 0 Å². The van der Waals surface area contributed by atoms with Crippen molar-refractivity contribution < 1.29 is 4.42 Å². The summed E-state index contributed by atoms with van der Waals surface area (Å²) in [5.41, 5.74) is 0.910. The molecule has 1 aliphatic rings. The van der Waals surface area contributed by atoms with Crippen molar-refractivity contribution in [1.82, 2.24) is 24.6 Å². The highest BCUT2D eigenvalue weighted by atomic mass is 16.3. The Labute approximate surface area is 128 Å². The van der Waals surface area contributed by atoms with Gasteiger partial charge in [-0.05, 0) is 31.0 Å². The Morgan fingerprint density at radius 2 is 2.18 bits per heavy atom. The first-order valence-electron chi connectivity index (χ1n) is 7.58. The molecule has 1 aliphatic carbocycles. The molecule has 1 N–H and O–H groups in total. The molecule has 3 heterocycles. The number of nitrogens with one attached hydrogen (secondary N) is 1. The second kappa shape index (κ2) is 5.46. The summed E-state index contributed by atoms with van der Waals surface area (Å²) >= 11 is 0. The van der Waals surface area contributed by atoms with E-state index in [2.05, 4.69) is 24.6 Å². The Hall–Kier alpha value is -2.34. The predicted molar refractivity (Wildman–Crippen MR) is 81.8 cm³/mol. The van der Waals surface area contributed by atoms with Gasteiger partial charge in [0.15, 0.2) is 5.76 Å². The normalized spacial score (nSPS) is 14.8. The Morgan fingerprint density at radius 1 is 1.27 bits per heavy atom. The number of imidazole rings is 1. The van der Waals surface area contributed by atoms with Gasteiger partial charge in [0.1, 0.15) is 17.3 Å². The molecule has 6 heteroatoms. The van der Waals surface area contributed by atoms with E-state index in [1.54, 1.807) is 6.20 Å². The molecule has 0 amide bonds. The largest absolute Gasteiger partial charge is 0.458 e. The molecule has 22 heavy (non-hydrogen) atoms. The second-order valence-electron chi connectivity index (χ2n) is 5.83. The van der Waals surface area contributed by atoms with Gasteiger partial charge in [0.25, 0.3) is 0 Å². The summed E-state index contributed by atoms with van der Waals surface area (Å²) in [5, 5.41) is 6.89. The first kappa shape index (κ1) is 13.3. The van der Waals surface area contributed by atoms with Crippen molar-refractivity contribution >= 4 is 0 Å². The van der Waals surface area contributed by atoms with Crippen molar-refractivity contribution in [3.05, 3.63) is 48.4 Å². The number of aromatic amines is 1. The summed E-state index contributed by atoms with van der Waals surface area (Å²) in [7, 11) is 2.04. The average Bonchev–Trinajstić information content (AvgIpc) is 2.93. The van der Waals surface area contributed by atoms with Gasteiger partial charge < -0.3 is 8.98 Å². The number of rotatable bonds is 6. The number of hydrogen-bond donors (Lipinski definition) is 1. The highest BCUT2D eigenvalue weighted by Crippen LogP contribution is 2.30. The Bertz CT molecular complexity index is 738. The number of H-pyrrole nitrogens is 1. The molecule has 6 nitrogen and oxygen atoms in total. The van der Waals surface area contributed by atoms with Crippen LogP contribution in [0.2, 0.25) is 0 Å². The minimum Gasteiger partial charge on any atom is -0.458 e. The number of aryl methyl sites for hydroxylation is 1. The van der Waals surface area contributed by atoms with Crippen LogP contribution in [0.4, 0.5) is 0 Å². The van der Waals surface area contributed by atoms with Crippen molar-refractivity contribution in [2.75, 3.05) is 0 Å². The van der Waals surface area contributed by atoms with Gasteiger partial charge in [-0.3, -0.25) is 10.00 Å². The van der Waals surface area contributed by atoms with Gasteiger partial charge in [-0.15, -0.1) is 0 Å². The zero-order valence-electron chi connectivity index (χ0n) is 12.6. The summed E-state index contributed by atoms with van der Waals surface area (Å²) in [5.74, 6) is 2.90. The van der Waals surface area contributed by atoms with Crippen LogP contribution in [0.5, 0.6) is 0 Å². The van der Waals surface area contributed by atoms with Gasteiger partial charge in [-0.2, -0.15) is 5.10 Å². The van der Waals surface area contributed by atoms with Gasteiger partial charge in [-0.1, -0.05) is 0 Å². The standard InChI is InChI=1S/C16H19N5O/c1-20-9-8-17-16(20)11-21(12-2-3-12)10-13-4-5-15(22-13)14-6-7-18-19-14/h4-9,12H,2-3,10-11H2,1H3,(H,18,19). The third kappa shape index (κ3) is 2.69. The van der Waals surface area contributed by atoms with Crippen LogP contribution < -0.4 is 0 Å². The summed E-state index contributed by atoms with van der Waals surface area (Å²) < 4.78 is 8.02. The zero-order chi connectivity index (χ0) is 14.9. The fourth-order valence-electron chi connectivity index (χ4n) is 2.69. The lowest BCUT2D eigenvalue weighted by Crippen LogP contribution is -2.26. The van der Waals surface area contributed by atoms with E-state index in [1.165, 1.54) is 12.8 Å². The SMILES string of the molecule is Cn1ccnc1CN(Cc1ccc(-c2ccn[nH]2)o1)C1CC1. The predicted octanol–water partition coefficient (Wildman–Crippen LogP) is 2.57. The van der Waals surface area contributed by atoms with E-state index in [9.17, 15) is 0 Å². The van der Waals surface area contributed by atoms with Crippen LogP contribution in [0, 0.1) is 0 Å². The molecular formula is C16H19N5O. The van der Waals surface area contributed by atoms with E-state index < -0.39 is 0 Å². The quantitative estimate of drug-likeness (QED) is 0.759. The number of furan rings is 1. The summed E-state index contributed by atoms with van der Waals surface area (Å²) in [6, 6.07) is 6.60. The van der Waals surface area contributed by atoms with Crippen LogP contribution in [0.15, 0.2) is 41.2 Å². The lowest BCUT2D eigenvalue weighted by atomic mass is 10.3. The van der Waals surface area contributed by atoms with E-state index in [4.69, 9.17) is 4.42 Å². The second-order valence-corrected chi connectivity index (χ2v) is 5.83. The summed E-state index contributed by atoms with van der Waals surface area (Å²) in [6.07, 6.45) is 8.10. The molecule has 0 bridgehead atoms. The van der Waals surface area contributed by atoms with E-state index >= 15 is 0 Å². The fraction of sp³-hybridized carbons (Fsp3) is 0.375. The van der Waals surface area contributed by atoms with Crippen LogP contribution in [-0.4, -0.2) is 30.7 Å². The molecule has 1 saturated carbocycles. The average molecular weight is 297 g/mol. The molecule has 114 valence electrons. The summed E-state index contributed by atoms with van der Waals surface area (Å²) in [6.45, 7) is 1.67. The lowest BCUT2D eigenvalue weighted by molar-refractivity contribution is 0.218. The first-order valence-corrected chi connectivity index (χ1v) is 7.58. The van der Waals surface area contributed by atoms with E-state index in [0.717, 1.165) is 36.1 Å². The number of aromatic nitrogens is 4. The van der Waals surface area contributed by atoms with E-state index in [-0.39, 0.29) is 0 Å². The van der Waals surface area contributed by atoms with Crippen molar-refractivity contribution in [3.8, 4) is 11.5 Å². The minimum absolute atomic E-state index is 0.650. The van der Waals surface area contributed by atoms with Crippen molar-refractivity contribution in [1.29, 1.82) is 0 Å². The Balaban J connectivity index is 1.49. The Kier molecular flexibility index (Phi) is 3.31. The van der Waals surface area contributed by atoms with Crippen LogP contribution in [0.1, 0.15) is 24.4 Å².